The smallest absolute Gasteiger partial charge is 0.229 e. The number of halogens is 1. The molecule has 0 radical (unpaired) electrons. The number of hydrogen-bond donors (Lipinski definition) is 3. The quantitative estimate of drug-likeness (QED) is 0.444. The first-order valence-corrected chi connectivity index (χ1v) is 9.45. The molecule has 8 nitrogen and oxygen atoms in total. The second-order valence-electron chi connectivity index (χ2n) is 6.96. The first-order valence-electron chi connectivity index (χ1n) is 9.08. The van der Waals surface area contributed by atoms with Crippen molar-refractivity contribution in [1.82, 2.24) is 29.9 Å². The molecule has 1 aromatic carbocycles. The molecule has 9 heteroatoms. The van der Waals surface area contributed by atoms with Gasteiger partial charge in [0.1, 0.15) is 5.02 Å². The SMILES string of the molecule is Cc1cc(Nc2nc(Nc3cc(C)c(-c4cnn(C)c4)cc3C)ncc2Cl)n[nH]1. The summed E-state index contributed by atoms with van der Waals surface area (Å²) >= 11 is 6.24. The summed E-state index contributed by atoms with van der Waals surface area (Å²) in [5.74, 6) is 1.57. The van der Waals surface area contributed by atoms with Gasteiger partial charge in [-0.25, -0.2) is 4.98 Å². The van der Waals surface area contributed by atoms with Crippen LogP contribution < -0.4 is 10.6 Å². The summed E-state index contributed by atoms with van der Waals surface area (Å²) in [5, 5.41) is 18.1. The van der Waals surface area contributed by atoms with E-state index < -0.39 is 0 Å². The van der Waals surface area contributed by atoms with E-state index in [-0.39, 0.29) is 0 Å². The van der Waals surface area contributed by atoms with Crippen molar-refractivity contribution >= 4 is 34.9 Å². The Morgan fingerprint density at radius 1 is 1.03 bits per heavy atom. The van der Waals surface area contributed by atoms with Gasteiger partial charge in [-0.1, -0.05) is 11.6 Å². The third-order valence-electron chi connectivity index (χ3n) is 4.53. The molecule has 0 spiro atoms. The fourth-order valence-corrected chi connectivity index (χ4v) is 3.20. The Morgan fingerprint density at radius 2 is 1.86 bits per heavy atom. The normalized spacial score (nSPS) is 10.9. The van der Waals surface area contributed by atoms with Gasteiger partial charge in [-0.05, 0) is 49.6 Å². The Balaban J connectivity index is 1.60. The zero-order chi connectivity index (χ0) is 20.5. The molecule has 148 valence electrons. The van der Waals surface area contributed by atoms with Crippen LogP contribution >= 0.6 is 11.6 Å². The lowest BCUT2D eigenvalue weighted by Crippen LogP contribution is -2.03. The highest BCUT2D eigenvalue weighted by molar-refractivity contribution is 6.32. The zero-order valence-corrected chi connectivity index (χ0v) is 17.3. The van der Waals surface area contributed by atoms with Gasteiger partial charge in [-0.2, -0.15) is 15.2 Å². The van der Waals surface area contributed by atoms with Crippen LogP contribution in [0.1, 0.15) is 16.8 Å². The topological polar surface area (TPSA) is 96.3 Å². The number of hydrogen-bond acceptors (Lipinski definition) is 6. The number of rotatable bonds is 5. The van der Waals surface area contributed by atoms with Crippen LogP contribution in [0.5, 0.6) is 0 Å². The summed E-state index contributed by atoms with van der Waals surface area (Å²) in [6.07, 6.45) is 5.43. The van der Waals surface area contributed by atoms with Gasteiger partial charge in [0.05, 0.1) is 12.4 Å². The number of nitrogens with zero attached hydrogens (tertiary/aromatic N) is 5. The number of benzene rings is 1. The molecule has 0 atom stereocenters. The molecule has 0 saturated carbocycles. The highest BCUT2D eigenvalue weighted by Crippen LogP contribution is 2.30. The number of aromatic amines is 1. The van der Waals surface area contributed by atoms with E-state index in [4.69, 9.17) is 11.6 Å². The Hall–Kier alpha value is -3.39. The Kier molecular flexibility index (Phi) is 4.94. The van der Waals surface area contributed by atoms with Gasteiger partial charge in [-0.3, -0.25) is 9.78 Å². The molecule has 3 heterocycles. The molecule has 0 aliphatic carbocycles. The van der Waals surface area contributed by atoms with Crippen molar-refractivity contribution in [3.8, 4) is 11.1 Å². The highest BCUT2D eigenvalue weighted by Gasteiger charge is 2.11. The first-order chi connectivity index (χ1) is 13.9. The van der Waals surface area contributed by atoms with Crippen molar-refractivity contribution in [3.63, 3.8) is 0 Å². The van der Waals surface area contributed by atoms with E-state index in [0.717, 1.165) is 33.6 Å². The lowest BCUT2D eigenvalue weighted by molar-refractivity contribution is 0.768. The van der Waals surface area contributed by atoms with Gasteiger partial charge in [0, 0.05) is 36.3 Å². The molecule has 0 unspecified atom stereocenters. The molecular formula is C20H21ClN8. The van der Waals surface area contributed by atoms with Gasteiger partial charge in [0.15, 0.2) is 11.6 Å². The van der Waals surface area contributed by atoms with Crippen LogP contribution in [0, 0.1) is 20.8 Å². The minimum atomic E-state index is 0.413. The van der Waals surface area contributed by atoms with Crippen LogP contribution in [0.15, 0.2) is 36.8 Å². The second kappa shape index (κ2) is 7.56. The van der Waals surface area contributed by atoms with E-state index in [1.807, 2.05) is 39.4 Å². The van der Waals surface area contributed by atoms with Crippen LogP contribution in [0.25, 0.3) is 11.1 Å². The minimum Gasteiger partial charge on any atom is -0.324 e. The van der Waals surface area contributed by atoms with E-state index in [2.05, 4.69) is 55.0 Å². The maximum absolute atomic E-state index is 6.24. The molecule has 3 N–H and O–H groups in total. The molecule has 0 amide bonds. The van der Waals surface area contributed by atoms with Gasteiger partial charge >= 0.3 is 0 Å². The lowest BCUT2D eigenvalue weighted by Gasteiger charge is -2.13. The van der Waals surface area contributed by atoms with Gasteiger partial charge < -0.3 is 10.6 Å². The van der Waals surface area contributed by atoms with E-state index in [1.54, 1.807) is 10.9 Å². The average Bonchev–Trinajstić information content (AvgIpc) is 3.29. The van der Waals surface area contributed by atoms with Crippen LogP contribution in [-0.4, -0.2) is 29.9 Å². The van der Waals surface area contributed by atoms with Crippen LogP contribution in [0.3, 0.4) is 0 Å². The van der Waals surface area contributed by atoms with Crippen molar-refractivity contribution in [2.24, 2.45) is 7.05 Å². The monoisotopic (exact) mass is 408 g/mol. The molecule has 29 heavy (non-hydrogen) atoms. The van der Waals surface area contributed by atoms with Crippen molar-refractivity contribution < 1.29 is 0 Å². The molecule has 3 aromatic heterocycles. The number of H-pyrrole nitrogens is 1. The maximum atomic E-state index is 6.24. The predicted octanol–water partition coefficient (Wildman–Crippen LogP) is 4.67. The fourth-order valence-electron chi connectivity index (χ4n) is 3.06. The zero-order valence-electron chi connectivity index (χ0n) is 16.6. The van der Waals surface area contributed by atoms with Gasteiger partial charge in [0.25, 0.3) is 0 Å². The maximum Gasteiger partial charge on any atom is 0.229 e. The molecular weight excluding hydrogens is 388 g/mol. The molecule has 0 aliphatic heterocycles. The van der Waals surface area contributed by atoms with Gasteiger partial charge in [-0.15, -0.1) is 0 Å². The number of anilines is 4. The summed E-state index contributed by atoms with van der Waals surface area (Å²) in [4.78, 5) is 8.79. The number of aryl methyl sites for hydroxylation is 4. The predicted molar refractivity (Wildman–Crippen MR) is 115 cm³/mol. The highest BCUT2D eigenvalue weighted by atomic mass is 35.5. The Labute approximate surface area is 173 Å². The Morgan fingerprint density at radius 3 is 2.55 bits per heavy atom. The summed E-state index contributed by atoms with van der Waals surface area (Å²) in [6, 6.07) is 6.09. The molecule has 0 fully saturated rings. The number of aromatic nitrogens is 6. The average molecular weight is 409 g/mol. The molecule has 0 saturated heterocycles. The largest absolute Gasteiger partial charge is 0.324 e. The van der Waals surface area contributed by atoms with E-state index in [9.17, 15) is 0 Å². The van der Waals surface area contributed by atoms with E-state index in [0.29, 0.717) is 22.6 Å². The first kappa shape index (κ1) is 18.9. The van der Waals surface area contributed by atoms with Crippen LogP contribution in [0.4, 0.5) is 23.3 Å². The van der Waals surface area contributed by atoms with Crippen molar-refractivity contribution in [2.45, 2.75) is 20.8 Å². The second-order valence-corrected chi connectivity index (χ2v) is 7.37. The van der Waals surface area contributed by atoms with Gasteiger partial charge in [0.2, 0.25) is 5.95 Å². The minimum absolute atomic E-state index is 0.413. The summed E-state index contributed by atoms with van der Waals surface area (Å²) in [6.45, 7) is 6.04. The standard InChI is InChI=1S/C20H21ClN8/c1-11-6-17(12(2)5-15(11)14-8-23-29(4)10-14)24-20-22-9-16(21)19(26-20)25-18-7-13(3)27-28-18/h5-10H,1-4H3,(H3,22,24,25,26,27,28). The Bertz CT molecular complexity index is 1180. The molecule has 0 aliphatic rings. The molecule has 4 aromatic rings. The molecule has 4 rings (SSSR count). The third kappa shape index (κ3) is 4.07. The summed E-state index contributed by atoms with van der Waals surface area (Å²) < 4.78 is 1.80. The van der Waals surface area contributed by atoms with Crippen LogP contribution in [0.2, 0.25) is 5.02 Å². The van der Waals surface area contributed by atoms with Crippen molar-refractivity contribution in [2.75, 3.05) is 10.6 Å². The summed E-state index contributed by atoms with van der Waals surface area (Å²) in [5.41, 5.74) is 6.31. The third-order valence-corrected chi connectivity index (χ3v) is 4.81. The fraction of sp³-hybridized carbons (Fsp3) is 0.200. The van der Waals surface area contributed by atoms with Crippen LogP contribution in [-0.2, 0) is 7.05 Å². The number of nitrogens with one attached hydrogen (secondary N) is 3. The lowest BCUT2D eigenvalue weighted by atomic mass is 9.99. The van der Waals surface area contributed by atoms with Crippen molar-refractivity contribution in [1.29, 1.82) is 0 Å². The van der Waals surface area contributed by atoms with E-state index >= 15 is 0 Å². The molecule has 0 bridgehead atoms. The summed E-state index contributed by atoms with van der Waals surface area (Å²) in [7, 11) is 1.91. The van der Waals surface area contributed by atoms with E-state index in [1.165, 1.54) is 0 Å². The van der Waals surface area contributed by atoms with Crippen molar-refractivity contribution in [3.05, 3.63) is 58.6 Å².